The van der Waals surface area contributed by atoms with E-state index in [1.165, 1.54) is 6.26 Å². The van der Waals surface area contributed by atoms with Crippen molar-refractivity contribution in [2.75, 3.05) is 0 Å². The third-order valence-corrected chi connectivity index (χ3v) is 5.07. The first-order valence-electron chi connectivity index (χ1n) is 6.88. The van der Waals surface area contributed by atoms with Crippen molar-refractivity contribution in [2.45, 2.75) is 44.2 Å². The quantitative estimate of drug-likeness (QED) is 0.897. The van der Waals surface area contributed by atoms with E-state index in [1.54, 1.807) is 11.0 Å². The number of likely N-dealkylation sites (tertiary alicyclic amines) is 1. The Morgan fingerprint density at radius 3 is 2.75 bits per heavy atom. The molecule has 2 fully saturated rings. The molecule has 1 aromatic heterocycles. The van der Waals surface area contributed by atoms with E-state index in [9.17, 15) is 14.7 Å². The van der Waals surface area contributed by atoms with Crippen LogP contribution in [-0.4, -0.2) is 34.0 Å². The highest BCUT2D eigenvalue weighted by atomic mass is 79.9. The smallest absolute Gasteiger partial charge is 0.326 e. The van der Waals surface area contributed by atoms with Crippen molar-refractivity contribution in [2.24, 2.45) is 5.92 Å². The minimum absolute atomic E-state index is 0.0548. The average molecular weight is 342 g/mol. The van der Waals surface area contributed by atoms with Gasteiger partial charge in [-0.1, -0.05) is 12.8 Å². The van der Waals surface area contributed by atoms with Gasteiger partial charge in [-0.15, -0.1) is 0 Å². The van der Waals surface area contributed by atoms with Crippen LogP contribution < -0.4 is 0 Å². The number of carboxylic acids is 1. The minimum atomic E-state index is -0.910. The van der Waals surface area contributed by atoms with Gasteiger partial charge >= 0.3 is 5.97 Å². The lowest BCUT2D eigenvalue weighted by atomic mass is 9.84. The predicted molar refractivity (Wildman–Crippen MR) is 74.4 cm³/mol. The van der Waals surface area contributed by atoms with Crippen LogP contribution in [-0.2, 0) is 4.79 Å². The largest absolute Gasteiger partial charge is 0.480 e. The Hall–Kier alpha value is -1.30. The summed E-state index contributed by atoms with van der Waals surface area (Å²) in [7, 11) is 0. The van der Waals surface area contributed by atoms with Gasteiger partial charge in [0.25, 0.3) is 5.91 Å². The van der Waals surface area contributed by atoms with E-state index >= 15 is 0 Å². The zero-order chi connectivity index (χ0) is 14.3. The van der Waals surface area contributed by atoms with Gasteiger partial charge in [0.15, 0.2) is 4.67 Å². The fourth-order valence-corrected chi connectivity index (χ4v) is 3.97. The van der Waals surface area contributed by atoms with Crippen LogP contribution in [0.2, 0.25) is 0 Å². The second kappa shape index (κ2) is 5.24. The molecule has 6 heteroatoms. The molecule has 3 rings (SSSR count). The number of carbonyl (C=O) groups excluding carboxylic acids is 1. The molecule has 5 nitrogen and oxygen atoms in total. The molecule has 1 aliphatic heterocycles. The maximum Gasteiger partial charge on any atom is 0.326 e. The summed E-state index contributed by atoms with van der Waals surface area (Å²) in [5, 5.41) is 9.42. The molecule has 2 heterocycles. The number of hydrogen-bond acceptors (Lipinski definition) is 3. The Kier molecular flexibility index (Phi) is 3.58. The Morgan fingerprint density at radius 1 is 1.35 bits per heavy atom. The standard InChI is InChI=1S/C14H16BrNO4/c15-12-9(5-6-20-12)13(17)16-10-4-2-1-3-8(10)7-11(16)14(18)19/h5-6,8,10-11H,1-4,7H2,(H,18,19). The van der Waals surface area contributed by atoms with Crippen LogP contribution in [0.25, 0.3) is 0 Å². The second-order valence-electron chi connectivity index (χ2n) is 5.52. The SMILES string of the molecule is O=C(O)C1CC2CCCCC2N1C(=O)c1ccoc1Br. The topological polar surface area (TPSA) is 70.8 Å². The highest BCUT2D eigenvalue weighted by Crippen LogP contribution is 2.41. The summed E-state index contributed by atoms with van der Waals surface area (Å²) in [5.74, 6) is -0.834. The number of hydrogen-bond donors (Lipinski definition) is 1. The highest BCUT2D eigenvalue weighted by Gasteiger charge is 2.48. The van der Waals surface area contributed by atoms with Gasteiger partial charge in [-0.05, 0) is 47.2 Å². The van der Waals surface area contributed by atoms with Crippen molar-refractivity contribution < 1.29 is 19.1 Å². The summed E-state index contributed by atoms with van der Waals surface area (Å²) in [6.45, 7) is 0. The van der Waals surface area contributed by atoms with Crippen LogP contribution in [0.3, 0.4) is 0 Å². The minimum Gasteiger partial charge on any atom is -0.480 e. The molecule has 108 valence electrons. The monoisotopic (exact) mass is 341 g/mol. The summed E-state index contributed by atoms with van der Waals surface area (Å²) in [5.41, 5.74) is 0.405. The summed E-state index contributed by atoms with van der Waals surface area (Å²) < 4.78 is 5.47. The summed E-state index contributed by atoms with van der Waals surface area (Å²) in [4.78, 5) is 25.7. The predicted octanol–water partition coefficient (Wildman–Crippen LogP) is 2.90. The molecule has 1 aliphatic carbocycles. The van der Waals surface area contributed by atoms with Gasteiger partial charge in [0, 0.05) is 6.04 Å². The van der Waals surface area contributed by atoms with Gasteiger partial charge in [-0.3, -0.25) is 4.79 Å². The summed E-state index contributed by atoms with van der Waals surface area (Å²) >= 11 is 3.20. The number of nitrogens with zero attached hydrogens (tertiary/aromatic N) is 1. The van der Waals surface area contributed by atoms with Gasteiger partial charge in [0.1, 0.15) is 6.04 Å². The Labute approximate surface area is 125 Å². The van der Waals surface area contributed by atoms with Gasteiger partial charge < -0.3 is 14.4 Å². The normalized spacial score (nSPS) is 29.2. The van der Waals surface area contributed by atoms with Crippen molar-refractivity contribution in [3.63, 3.8) is 0 Å². The average Bonchev–Trinajstić information content (AvgIpc) is 3.01. The van der Waals surface area contributed by atoms with Crippen molar-refractivity contribution in [3.8, 4) is 0 Å². The molecule has 1 saturated heterocycles. The van der Waals surface area contributed by atoms with E-state index in [4.69, 9.17) is 4.42 Å². The fourth-order valence-electron chi connectivity index (χ4n) is 3.56. The number of amides is 1. The van der Waals surface area contributed by atoms with E-state index in [2.05, 4.69) is 15.9 Å². The third kappa shape index (κ3) is 2.16. The first kappa shape index (κ1) is 13.7. The van der Waals surface area contributed by atoms with E-state index in [0.29, 0.717) is 22.6 Å². The molecule has 0 bridgehead atoms. The first-order chi connectivity index (χ1) is 9.59. The molecule has 3 atom stereocenters. The van der Waals surface area contributed by atoms with E-state index < -0.39 is 12.0 Å². The summed E-state index contributed by atoms with van der Waals surface area (Å²) in [6, 6.07) is 0.929. The van der Waals surface area contributed by atoms with Gasteiger partial charge in [0.2, 0.25) is 0 Å². The molecule has 0 radical (unpaired) electrons. The number of halogens is 1. The zero-order valence-electron chi connectivity index (χ0n) is 10.9. The molecular weight excluding hydrogens is 326 g/mol. The molecule has 2 aliphatic rings. The molecule has 0 aromatic carbocycles. The van der Waals surface area contributed by atoms with E-state index in [0.717, 1.165) is 25.7 Å². The van der Waals surface area contributed by atoms with Crippen LogP contribution in [0.1, 0.15) is 42.5 Å². The highest BCUT2D eigenvalue weighted by molar-refractivity contribution is 9.10. The van der Waals surface area contributed by atoms with Crippen molar-refractivity contribution in [3.05, 3.63) is 22.6 Å². The molecule has 1 saturated carbocycles. The Balaban J connectivity index is 1.93. The number of carbonyl (C=O) groups is 2. The Morgan fingerprint density at radius 2 is 2.10 bits per heavy atom. The van der Waals surface area contributed by atoms with Gasteiger partial charge in [-0.25, -0.2) is 4.79 Å². The van der Waals surface area contributed by atoms with Crippen LogP contribution >= 0.6 is 15.9 Å². The Bertz CT molecular complexity index is 541. The summed E-state index contributed by atoms with van der Waals surface area (Å²) in [6.07, 6.45) is 6.11. The maximum absolute atomic E-state index is 12.7. The molecule has 1 amide bonds. The lowest BCUT2D eigenvalue weighted by molar-refractivity contribution is -0.141. The molecule has 1 aromatic rings. The third-order valence-electron chi connectivity index (χ3n) is 4.46. The van der Waals surface area contributed by atoms with E-state index in [1.807, 2.05) is 0 Å². The fraction of sp³-hybridized carbons (Fsp3) is 0.571. The van der Waals surface area contributed by atoms with Crippen LogP contribution in [0.5, 0.6) is 0 Å². The lowest BCUT2D eigenvalue weighted by Crippen LogP contribution is -2.46. The molecule has 3 unspecified atom stereocenters. The number of furan rings is 1. The van der Waals surface area contributed by atoms with Gasteiger partial charge in [-0.2, -0.15) is 0 Å². The maximum atomic E-state index is 12.7. The van der Waals surface area contributed by atoms with Crippen molar-refractivity contribution in [1.82, 2.24) is 4.90 Å². The first-order valence-corrected chi connectivity index (χ1v) is 7.67. The number of aliphatic carboxylic acids is 1. The van der Waals surface area contributed by atoms with Crippen LogP contribution in [0, 0.1) is 5.92 Å². The molecule has 0 spiro atoms. The number of rotatable bonds is 2. The number of carboxylic acid groups (broad SMARTS) is 1. The van der Waals surface area contributed by atoms with Crippen molar-refractivity contribution >= 4 is 27.8 Å². The zero-order valence-corrected chi connectivity index (χ0v) is 12.5. The molecule has 1 N–H and O–H groups in total. The van der Waals surface area contributed by atoms with E-state index in [-0.39, 0.29) is 11.9 Å². The second-order valence-corrected chi connectivity index (χ2v) is 6.24. The lowest BCUT2D eigenvalue weighted by Gasteiger charge is -2.32. The van der Waals surface area contributed by atoms with Gasteiger partial charge in [0.05, 0.1) is 11.8 Å². The molecule has 20 heavy (non-hydrogen) atoms. The van der Waals surface area contributed by atoms with Crippen LogP contribution in [0.4, 0.5) is 0 Å². The van der Waals surface area contributed by atoms with Crippen molar-refractivity contribution in [1.29, 1.82) is 0 Å². The van der Waals surface area contributed by atoms with Crippen LogP contribution in [0.15, 0.2) is 21.4 Å². The number of fused-ring (bicyclic) bond motifs is 1. The molecular formula is C14H16BrNO4.